The molecule has 1 aromatic carbocycles. The van der Waals surface area contributed by atoms with Gasteiger partial charge in [-0.25, -0.2) is 4.79 Å². The number of hydrogen-bond donors (Lipinski definition) is 1. The van der Waals surface area contributed by atoms with Crippen LogP contribution in [0.1, 0.15) is 30.3 Å². The molecule has 0 radical (unpaired) electrons. The van der Waals surface area contributed by atoms with Gasteiger partial charge in [-0.1, -0.05) is 11.6 Å². The minimum atomic E-state index is -0.665. The van der Waals surface area contributed by atoms with Crippen molar-refractivity contribution in [3.05, 3.63) is 35.0 Å². The maximum Gasteiger partial charge on any atom is 0.374 e. The predicted molar refractivity (Wildman–Crippen MR) is 81.8 cm³/mol. The lowest BCUT2D eigenvalue weighted by Crippen LogP contribution is -2.37. The summed E-state index contributed by atoms with van der Waals surface area (Å²) in [6.07, 6.45) is 2.28. The third kappa shape index (κ3) is 3.42. The van der Waals surface area contributed by atoms with Gasteiger partial charge in [0.25, 0.3) is 5.91 Å². The van der Waals surface area contributed by atoms with Crippen LogP contribution in [0, 0.1) is 5.92 Å². The van der Waals surface area contributed by atoms with E-state index in [1.165, 1.54) is 0 Å². The van der Waals surface area contributed by atoms with E-state index in [1.807, 2.05) is 6.92 Å². The Morgan fingerprint density at radius 2 is 2.18 bits per heavy atom. The van der Waals surface area contributed by atoms with Gasteiger partial charge in [0.2, 0.25) is 5.76 Å². The van der Waals surface area contributed by atoms with Crippen LogP contribution in [-0.2, 0) is 9.53 Å². The number of amides is 1. The van der Waals surface area contributed by atoms with Crippen molar-refractivity contribution >= 4 is 34.4 Å². The topological polar surface area (TPSA) is 68.5 Å². The Balaban J connectivity index is 1.57. The highest BCUT2D eigenvalue weighted by Crippen LogP contribution is 2.32. The quantitative estimate of drug-likeness (QED) is 0.859. The van der Waals surface area contributed by atoms with Crippen molar-refractivity contribution in [2.75, 3.05) is 6.61 Å². The molecule has 6 heteroatoms. The van der Waals surface area contributed by atoms with Gasteiger partial charge in [0.15, 0.2) is 6.61 Å². The molecule has 5 nitrogen and oxygen atoms in total. The lowest BCUT2D eigenvalue weighted by Gasteiger charge is -2.12. The maximum atomic E-state index is 11.9. The molecule has 0 unspecified atom stereocenters. The van der Waals surface area contributed by atoms with Gasteiger partial charge in [-0.05, 0) is 49.9 Å². The van der Waals surface area contributed by atoms with Crippen molar-refractivity contribution < 1.29 is 18.7 Å². The molecule has 0 aliphatic heterocycles. The van der Waals surface area contributed by atoms with Gasteiger partial charge < -0.3 is 14.5 Å². The number of halogens is 1. The standard InChI is InChI=1S/C16H16ClNO4/c1-9(10-2-3-10)18-15(19)8-21-16(20)14-7-11-6-12(17)4-5-13(11)22-14/h4-7,9-10H,2-3,8H2,1H3,(H,18,19)/t9-/m0/s1. The normalized spacial score (nSPS) is 15.5. The molecule has 1 fully saturated rings. The van der Waals surface area contributed by atoms with E-state index < -0.39 is 5.97 Å². The van der Waals surface area contributed by atoms with Crippen molar-refractivity contribution in [2.24, 2.45) is 5.92 Å². The zero-order chi connectivity index (χ0) is 15.7. The zero-order valence-corrected chi connectivity index (χ0v) is 12.9. The van der Waals surface area contributed by atoms with Crippen LogP contribution in [0.15, 0.2) is 28.7 Å². The fraction of sp³-hybridized carbons (Fsp3) is 0.375. The first-order valence-corrected chi connectivity index (χ1v) is 7.56. The van der Waals surface area contributed by atoms with Crippen LogP contribution in [0.3, 0.4) is 0 Å². The molecule has 0 saturated heterocycles. The number of carbonyl (C=O) groups excluding carboxylic acids is 2. The molecule has 1 aliphatic carbocycles. The second-order valence-electron chi connectivity index (χ2n) is 5.56. The zero-order valence-electron chi connectivity index (χ0n) is 12.1. The Kier molecular flexibility index (Phi) is 4.07. The summed E-state index contributed by atoms with van der Waals surface area (Å²) >= 11 is 5.88. The molecule has 1 heterocycles. The first-order chi connectivity index (χ1) is 10.5. The highest BCUT2D eigenvalue weighted by Gasteiger charge is 2.29. The smallest absolute Gasteiger partial charge is 0.374 e. The van der Waals surface area contributed by atoms with E-state index in [-0.39, 0.29) is 24.3 Å². The number of carbonyl (C=O) groups is 2. The van der Waals surface area contributed by atoms with Gasteiger partial charge in [0, 0.05) is 16.5 Å². The molecule has 1 N–H and O–H groups in total. The summed E-state index contributed by atoms with van der Waals surface area (Å²) in [6, 6.07) is 6.72. The van der Waals surface area contributed by atoms with Crippen molar-refractivity contribution in [2.45, 2.75) is 25.8 Å². The van der Waals surface area contributed by atoms with Crippen LogP contribution in [0.2, 0.25) is 5.02 Å². The van der Waals surface area contributed by atoms with Crippen LogP contribution in [0.4, 0.5) is 0 Å². The molecule has 1 amide bonds. The Bertz CT molecular complexity index is 720. The van der Waals surface area contributed by atoms with Crippen LogP contribution < -0.4 is 5.32 Å². The lowest BCUT2D eigenvalue weighted by atomic mass is 10.2. The Labute approximate surface area is 132 Å². The molecule has 0 spiro atoms. The molecular weight excluding hydrogens is 306 g/mol. The number of benzene rings is 1. The number of rotatable bonds is 5. The van der Waals surface area contributed by atoms with E-state index >= 15 is 0 Å². The van der Waals surface area contributed by atoms with Crippen molar-refractivity contribution in [3.63, 3.8) is 0 Å². The van der Waals surface area contributed by atoms with Gasteiger partial charge >= 0.3 is 5.97 Å². The van der Waals surface area contributed by atoms with E-state index in [9.17, 15) is 9.59 Å². The Morgan fingerprint density at radius 3 is 2.91 bits per heavy atom. The lowest BCUT2D eigenvalue weighted by molar-refractivity contribution is -0.125. The Hall–Kier alpha value is -2.01. The highest BCUT2D eigenvalue weighted by molar-refractivity contribution is 6.31. The van der Waals surface area contributed by atoms with Crippen molar-refractivity contribution in [3.8, 4) is 0 Å². The maximum absolute atomic E-state index is 11.9. The second kappa shape index (κ2) is 6.01. The second-order valence-corrected chi connectivity index (χ2v) is 6.00. The molecule has 22 heavy (non-hydrogen) atoms. The van der Waals surface area contributed by atoms with Gasteiger partial charge in [-0.2, -0.15) is 0 Å². The molecule has 1 atom stereocenters. The van der Waals surface area contributed by atoms with Gasteiger partial charge in [-0.15, -0.1) is 0 Å². The summed E-state index contributed by atoms with van der Waals surface area (Å²) in [5.74, 6) is -0.353. The van der Waals surface area contributed by atoms with Crippen LogP contribution >= 0.6 is 11.6 Å². The van der Waals surface area contributed by atoms with Gasteiger partial charge in [0.05, 0.1) is 0 Å². The Morgan fingerprint density at radius 1 is 1.41 bits per heavy atom. The number of nitrogens with one attached hydrogen (secondary N) is 1. The van der Waals surface area contributed by atoms with E-state index in [0.717, 1.165) is 12.8 Å². The van der Waals surface area contributed by atoms with E-state index in [1.54, 1.807) is 24.3 Å². The third-order valence-corrected chi connectivity index (χ3v) is 3.97. The summed E-state index contributed by atoms with van der Waals surface area (Å²) in [5.41, 5.74) is 0.545. The average Bonchev–Trinajstić information content (AvgIpc) is 3.24. The summed E-state index contributed by atoms with van der Waals surface area (Å²) in [6.45, 7) is 1.65. The minimum absolute atomic E-state index is 0.0558. The summed E-state index contributed by atoms with van der Waals surface area (Å²) in [7, 11) is 0. The van der Waals surface area contributed by atoms with Crippen LogP contribution in [0.25, 0.3) is 11.0 Å². The fourth-order valence-corrected chi connectivity index (χ4v) is 2.51. The fourth-order valence-electron chi connectivity index (χ4n) is 2.33. The SMILES string of the molecule is C[C@H](NC(=O)COC(=O)c1cc2cc(Cl)ccc2o1)C1CC1. The molecule has 1 aromatic heterocycles. The molecule has 0 bridgehead atoms. The van der Waals surface area contributed by atoms with E-state index in [4.69, 9.17) is 20.8 Å². The number of fused-ring (bicyclic) bond motifs is 1. The first kappa shape index (κ1) is 14.9. The first-order valence-electron chi connectivity index (χ1n) is 7.18. The molecule has 116 valence electrons. The molecule has 3 rings (SSSR count). The minimum Gasteiger partial charge on any atom is -0.450 e. The van der Waals surface area contributed by atoms with Gasteiger partial charge in [-0.3, -0.25) is 4.79 Å². The third-order valence-electron chi connectivity index (χ3n) is 3.73. The van der Waals surface area contributed by atoms with Crippen LogP contribution in [-0.4, -0.2) is 24.5 Å². The average molecular weight is 322 g/mol. The summed E-state index contributed by atoms with van der Waals surface area (Å²) in [4.78, 5) is 23.6. The summed E-state index contributed by atoms with van der Waals surface area (Å²) < 4.78 is 10.4. The number of esters is 1. The molecular formula is C16H16ClNO4. The van der Waals surface area contributed by atoms with Gasteiger partial charge in [0.1, 0.15) is 5.58 Å². The number of ether oxygens (including phenoxy) is 1. The molecule has 1 aliphatic rings. The number of hydrogen-bond acceptors (Lipinski definition) is 4. The largest absolute Gasteiger partial charge is 0.450 e. The van der Waals surface area contributed by atoms with Crippen LogP contribution in [0.5, 0.6) is 0 Å². The van der Waals surface area contributed by atoms with Crippen molar-refractivity contribution in [1.29, 1.82) is 0 Å². The summed E-state index contributed by atoms with van der Waals surface area (Å²) in [5, 5.41) is 4.09. The van der Waals surface area contributed by atoms with E-state index in [0.29, 0.717) is 21.9 Å². The molecule has 1 saturated carbocycles. The van der Waals surface area contributed by atoms with Crippen molar-refractivity contribution in [1.82, 2.24) is 5.32 Å². The van der Waals surface area contributed by atoms with E-state index in [2.05, 4.69) is 5.32 Å². The highest BCUT2D eigenvalue weighted by atomic mass is 35.5. The monoisotopic (exact) mass is 321 g/mol. The predicted octanol–water partition coefficient (Wildman–Crippen LogP) is 3.16. The number of furan rings is 1. The molecule has 2 aromatic rings.